The first-order chi connectivity index (χ1) is 12.8. The minimum absolute atomic E-state index is 0.871. The number of nitrogens with zero attached hydrogens (tertiary/aromatic N) is 2. The number of aromatic nitrogens is 2. The van der Waals surface area contributed by atoms with Gasteiger partial charge >= 0.3 is 0 Å². The zero-order chi connectivity index (χ0) is 18.2. The second kappa shape index (κ2) is 9.70. The maximum absolute atomic E-state index is 5.21. The summed E-state index contributed by atoms with van der Waals surface area (Å²) < 4.78 is 5.21. The number of rotatable bonds is 8. The number of aryl methyl sites for hydroxylation is 1. The Hall–Kier alpha value is -1.90. The van der Waals surface area contributed by atoms with Crippen molar-refractivity contribution < 1.29 is 4.74 Å². The highest BCUT2D eigenvalue weighted by Crippen LogP contribution is 2.34. The molecular formula is C23H32N2O. The Bertz CT molecular complexity index is 643. The van der Waals surface area contributed by atoms with Crippen LogP contribution in [0.1, 0.15) is 64.1 Å². The molecule has 1 saturated carbocycles. The molecule has 0 bridgehead atoms. The minimum atomic E-state index is 0.871. The molecule has 140 valence electrons. The van der Waals surface area contributed by atoms with Crippen LogP contribution in [0.4, 0.5) is 0 Å². The highest BCUT2D eigenvalue weighted by Gasteiger charge is 2.20. The van der Waals surface area contributed by atoms with Gasteiger partial charge in [-0.25, -0.2) is 9.97 Å². The lowest BCUT2D eigenvalue weighted by Crippen LogP contribution is -2.15. The van der Waals surface area contributed by atoms with Crippen LogP contribution in [0.5, 0.6) is 5.75 Å². The number of hydrogen-bond donors (Lipinski definition) is 0. The molecule has 1 aromatic heterocycles. The fourth-order valence-electron chi connectivity index (χ4n) is 4.05. The SMILES string of the molecule is CCCC[C@H]1CC[C@H](CCc2ncc(-c3ccc(OC)cc3)cn2)CC1. The van der Waals surface area contributed by atoms with Gasteiger partial charge in [-0.1, -0.05) is 64.0 Å². The van der Waals surface area contributed by atoms with Crippen molar-refractivity contribution >= 4 is 0 Å². The van der Waals surface area contributed by atoms with E-state index in [1.165, 1.54) is 51.4 Å². The average Bonchev–Trinajstić information content (AvgIpc) is 2.72. The molecule has 1 aromatic carbocycles. The van der Waals surface area contributed by atoms with Crippen LogP contribution in [0.25, 0.3) is 11.1 Å². The Morgan fingerprint density at radius 2 is 1.50 bits per heavy atom. The molecule has 3 nitrogen and oxygen atoms in total. The van der Waals surface area contributed by atoms with Crippen LogP contribution < -0.4 is 4.74 Å². The smallest absolute Gasteiger partial charge is 0.128 e. The van der Waals surface area contributed by atoms with E-state index in [0.717, 1.165) is 41.0 Å². The normalized spacial score (nSPS) is 20.1. The first-order valence-electron chi connectivity index (χ1n) is 10.2. The van der Waals surface area contributed by atoms with Gasteiger partial charge in [0.15, 0.2) is 0 Å². The molecule has 0 spiro atoms. The number of unbranched alkanes of at least 4 members (excludes halogenated alkanes) is 1. The van der Waals surface area contributed by atoms with Gasteiger partial charge in [-0.05, 0) is 36.0 Å². The van der Waals surface area contributed by atoms with Crippen molar-refractivity contribution in [1.29, 1.82) is 0 Å². The van der Waals surface area contributed by atoms with Crippen LogP contribution in [-0.2, 0) is 6.42 Å². The summed E-state index contributed by atoms with van der Waals surface area (Å²) in [6.45, 7) is 2.30. The van der Waals surface area contributed by atoms with Crippen molar-refractivity contribution in [3.8, 4) is 16.9 Å². The van der Waals surface area contributed by atoms with Gasteiger partial charge in [0.2, 0.25) is 0 Å². The van der Waals surface area contributed by atoms with Crippen LogP contribution in [0.2, 0.25) is 0 Å². The number of benzene rings is 1. The van der Waals surface area contributed by atoms with Gasteiger partial charge in [0.05, 0.1) is 7.11 Å². The summed E-state index contributed by atoms with van der Waals surface area (Å²) >= 11 is 0. The lowest BCUT2D eigenvalue weighted by atomic mass is 9.78. The molecule has 0 amide bonds. The second-order valence-corrected chi connectivity index (χ2v) is 7.68. The van der Waals surface area contributed by atoms with Gasteiger partial charge in [-0.3, -0.25) is 0 Å². The zero-order valence-corrected chi connectivity index (χ0v) is 16.3. The lowest BCUT2D eigenvalue weighted by molar-refractivity contribution is 0.249. The molecule has 3 rings (SSSR count). The first kappa shape index (κ1) is 18.9. The maximum Gasteiger partial charge on any atom is 0.128 e. The quantitative estimate of drug-likeness (QED) is 0.577. The van der Waals surface area contributed by atoms with Crippen LogP contribution in [-0.4, -0.2) is 17.1 Å². The molecule has 1 aliphatic carbocycles. The third-order valence-corrected chi connectivity index (χ3v) is 5.84. The van der Waals surface area contributed by atoms with Crippen molar-refractivity contribution in [1.82, 2.24) is 9.97 Å². The summed E-state index contributed by atoms with van der Waals surface area (Å²) in [5, 5.41) is 0. The van der Waals surface area contributed by atoms with E-state index in [1.54, 1.807) is 7.11 Å². The van der Waals surface area contributed by atoms with E-state index < -0.39 is 0 Å². The number of ether oxygens (including phenoxy) is 1. The largest absolute Gasteiger partial charge is 0.497 e. The predicted octanol–water partition coefficient (Wildman–Crippen LogP) is 6.08. The van der Waals surface area contributed by atoms with Crippen molar-refractivity contribution in [2.75, 3.05) is 7.11 Å². The van der Waals surface area contributed by atoms with Gasteiger partial charge in [-0.15, -0.1) is 0 Å². The standard InChI is InChI=1S/C23H32N2O/c1-3-4-5-18-6-8-19(9-7-18)10-15-23-24-16-21(17-25-23)20-11-13-22(26-2)14-12-20/h11-14,16-19H,3-10,15H2,1-2H3/t18-,19-. The molecule has 0 aliphatic heterocycles. The molecule has 0 unspecified atom stereocenters. The molecule has 1 fully saturated rings. The summed E-state index contributed by atoms with van der Waals surface area (Å²) in [4.78, 5) is 9.19. The van der Waals surface area contributed by atoms with Crippen molar-refractivity contribution in [2.24, 2.45) is 11.8 Å². The Morgan fingerprint density at radius 3 is 2.08 bits per heavy atom. The molecule has 2 aromatic rings. The van der Waals surface area contributed by atoms with E-state index in [2.05, 4.69) is 16.9 Å². The van der Waals surface area contributed by atoms with Gasteiger partial charge in [-0.2, -0.15) is 0 Å². The minimum Gasteiger partial charge on any atom is -0.497 e. The Balaban J connectivity index is 1.46. The van der Waals surface area contributed by atoms with Crippen molar-refractivity contribution in [2.45, 2.75) is 64.7 Å². The molecular weight excluding hydrogens is 320 g/mol. The third kappa shape index (κ3) is 5.30. The molecule has 0 saturated heterocycles. The van der Waals surface area contributed by atoms with Crippen molar-refractivity contribution in [3.05, 3.63) is 42.5 Å². The molecule has 1 aliphatic rings. The van der Waals surface area contributed by atoms with Crippen molar-refractivity contribution in [3.63, 3.8) is 0 Å². The summed E-state index contributed by atoms with van der Waals surface area (Å²) in [6.07, 6.45) is 16.0. The highest BCUT2D eigenvalue weighted by atomic mass is 16.5. The summed E-state index contributed by atoms with van der Waals surface area (Å²) in [5.74, 6) is 3.72. The highest BCUT2D eigenvalue weighted by molar-refractivity contribution is 5.62. The Kier molecular flexibility index (Phi) is 7.04. The average molecular weight is 353 g/mol. The monoisotopic (exact) mass is 352 g/mol. The van der Waals surface area contributed by atoms with E-state index in [0.29, 0.717) is 0 Å². The van der Waals surface area contributed by atoms with Gasteiger partial charge in [0.1, 0.15) is 11.6 Å². The lowest BCUT2D eigenvalue weighted by Gasteiger charge is -2.28. The molecule has 0 radical (unpaired) electrons. The van der Waals surface area contributed by atoms with E-state index >= 15 is 0 Å². The van der Waals surface area contributed by atoms with E-state index in [1.807, 2.05) is 36.7 Å². The summed E-state index contributed by atoms with van der Waals surface area (Å²) in [6, 6.07) is 8.04. The van der Waals surface area contributed by atoms with E-state index in [4.69, 9.17) is 4.74 Å². The van der Waals surface area contributed by atoms with E-state index in [-0.39, 0.29) is 0 Å². The Morgan fingerprint density at radius 1 is 0.885 bits per heavy atom. The second-order valence-electron chi connectivity index (χ2n) is 7.68. The third-order valence-electron chi connectivity index (χ3n) is 5.84. The predicted molar refractivity (Wildman–Crippen MR) is 107 cm³/mol. The van der Waals surface area contributed by atoms with Crippen LogP contribution in [0, 0.1) is 11.8 Å². The molecule has 3 heteroatoms. The van der Waals surface area contributed by atoms with Gasteiger partial charge in [0.25, 0.3) is 0 Å². The van der Waals surface area contributed by atoms with Crippen LogP contribution >= 0.6 is 0 Å². The fraction of sp³-hybridized carbons (Fsp3) is 0.565. The molecule has 1 heterocycles. The number of methoxy groups -OCH3 is 1. The topological polar surface area (TPSA) is 35.0 Å². The molecule has 26 heavy (non-hydrogen) atoms. The zero-order valence-electron chi connectivity index (χ0n) is 16.3. The fourth-order valence-corrected chi connectivity index (χ4v) is 4.05. The Labute approximate surface area is 158 Å². The summed E-state index contributed by atoms with van der Waals surface area (Å²) in [5.41, 5.74) is 2.19. The van der Waals surface area contributed by atoms with Gasteiger partial charge < -0.3 is 4.74 Å². The summed E-state index contributed by atoms with van der Waals surface area (Å²) in [7, 11) is 1.69. The van der Waals surface area contributed by atoms with Gasteiger partial charge in [0, 0.05) is 24.4 Å². The molecule has 0 atom stereocenters. The number of hydrogen-bond acceptors (Lipinski definition) is 3. The maximum atomic E-state index is 5.21. The van der Waals surface area contributed by atoms with Crippen LogP contribution in [0.3, 0.4) is 0 Å². The molecule has 0 N–H and O–H groups in total. The van der Waals surface area contributed by atoms with E-state index in [9.17, 15) is 0 Å². The van der Waals surface area contributed by atoms with Crippen LogP contribution in [0.15, 0.2) is 36.7 Å². The first-order valence-corrected chi connectivity index (χ1v) is 10.2.